The van der Waals surface area contributed by atoms with Crippen molar-refractivity contribution in [1.29, 1.82) is 0 Å². The van der Waals surface area contributed by atoms with Crippen LogP contribution in [0.2, 0.25) is 0 Å². The first-order valence-electron chi connectivity index (χ1n) is 12.9. The molecule has 9 nitrogen and oxygen atoms in total. The summed E-state index contributed by atoms with van der Waals surface area (Å²) in [5.74, 6) is -0.914. The molecule has 212 valence electrons. The highest BCUT2D eigenvalue weighted by atomic mass is 32.2. The molecule has 1 heterocycles. The van der Waals surface area contributed by atoms with Gasteiger partial charge >= 0.3 is 0 Å². The minimum Gasteiger partial charge on any atom is -0.484 e. The van der Waals surface area contributed by atoms with Crippen LogP contribution in [0.5, 0.6) is 5.75 Å². The number of ether oxygens (including phenoxy) is 2. The van der Waals surface area contributed by atoms with Crippen LogP contribution in [0.3, 0.4) is 0 Å². The molecule has 1 N–H and O–H groups in total. The Kier molecular flexibility index (Phi) is 9.86. The number of morpholine rings is 1. The van der Waals surface area contributed by atoms with Crippen molar-refractivity contribution in [2.24, 2.45) is 0 Å². The van der Waals surface area contributed by atoms with Crippen molar-refractivity contribution in [2.75, 3.05) is 40.0 Å². The molecule has 0 radical (unpaired) electrons. The number of benzene rings is 3. The smallest absolute Gasteiger partial charge is 0.261 e. The molecule has 2 amide bonds. The zero-order valence-corrected chi connectivity index (χ0v) is 23.0. The SMILES string of the molecule is CNC(=O)C(Cc1ccccc1)N(Cc1ccc(F)cc1)C(=O)COc1ccc(S(=O)(=O)N2CCOCC2)cc1. The summed E-state index contributed by atoms with van der Waals surface area (Å²) in [6, 6.07) is 20.0. The summed E-state index contributed by atoms with van der Waals surface area (Å²) in [5, 5.41) is 2.63. The predicted molar refractivity (Wildman–Crippen MR) is 146 cm³/mol. The quantitative estimate of drug-likeness (QED) is 0.381. The Bertz CT molecular complexity index is 1380. The van der Waals surface area contributed by atoms with Crippen molar-refractivity contribution in [3.8, 4) is 5.75 Å². The van der Waals surface area contributed by atoms with Gasteiger partial charge in [-0.25, -0.2) is 12.8 Å². The molecule has 11 heteroatoms. The fourth-order valence-electron chi connectivity index (χ4n) is 4.38. The molecule has 3 aromatic rings. The van der Waals surface area contributed by atoms with Gasteiger partial charge in [0.2, 0.25) is 15.9 Å². The maximum absolute atomic E-state index is 13.5. The van der Waals surface area contributed by atoms with E-state index in [4.69, 9.17) is 9.47 Å². The van der Waals surface area contributed by atoms with E-state index in [-0.39, 0.29) is 43.5 Å². The third-order valence-corrected chi connectivity index (χ3v) is 8.49. The highest BCUT2D eigenvalue weighted by molar-refractivity contribution is 7.89. The van der Waals surface area contributed by atoms with Crippen LogP contribution < -0.4 is 10.1 Å². The number of nitrogens with one attached hydrogen (secondary N) is 1. The van der Waals surface area contributed by atoms with E-state index in [9.17, 15) is 22.4 Å². The van der Waals surface area contributed by atoms with Gasteiger partial charge in [0.15, 0.2) is 6.61 Å². The van der Waals surface area contributed by atoms with Crippen molar-refractivity contribution < 1.29 is 31.9 Å². The minimum absolute atomic E-state index is 0.0596. The number of likely N-dealkylation sites (N-methyl/N-ethyl adjacent to an activating group) is 1. The number of hydrogen-bond acceptors (Lipinski definition) is 6. The van der Waals surface area contributed by atoms with Crippen molar-refractivity contribution >= 4 is 21.8 Å². The van der Waals surface area contributed by atoms with E-state index in [2.05, 4.69) is 5.32 Å². The molecule has 1 fully saturated rings. The molecule has 1 atom stereocenters. The summed E-state index contributed by atoms with van der Waals surface area (Å²) in [6.07, 6.45) is 0.265. The number of carbonyl (C=O) groups excluding carboxylic acids is 2. The second kappa shape index (κ2) is 13.5. The number of nitrogens with zero attached hydrogens (tertiary/aromatic N) is 2. The van der Waals surface area contributed by atoms with Gasteiger partial charge in [-0.2, -0.15) is 4.31 Å². The van der Waals surface area contributed by atoms with Crippen LogP contribution in [0.15, 0.2) is 83.8 Å². The molecular weight excluding hydrogens is 537 g/mol. The topological polar surface area (TPSA) is 105 Å². The fourth-order valence-corrected chi connectivity index (χ4v) is 5.79. The molecular formula is C29H32FN3O6S. The zero-order chi connectivity index (χ0) is 28.5. The number of sulfonamides is 1. The van der Waals surface area contributed by atoms with Gasteiger partial charge in [0.05, 0.1) is 18.1 Å². The molecule has 40 heavy (non-hydrogen) atoms. The van der Waals surface area contributed by atoms with Gasteiger partial charge in [0.25, 0.3) is 5.91 Å². The molecule has 1 unspecified atom stereocenters. The minimum atomic E-state index is -3.66. The average molecular weight is 570 g/mol. The second-order valence-electron chi connectivity index (χ2n) is 9.24. The highest BCUT2D eigenvalue weighted by Gasteiger charge is 2.30. The molecule has 0 aliphatic carbocycles. The van der Waals surface area contributed by atoms with Crippen LogP contribution in [0.1, 0.15) is 11.1 Å². The van der Waals surface area contributed by atoms with Gasteiger partial charge in [-0.1, -0.05) is 42.5 Å². The van der Waals surface area contributed by atoms with Gasteiger partial charge in [0.1, 0.15) is 17.6 Å². The lowest BCUT2D eigenvalue weighted by Crippen LogP contribution is -2.51. The maximum Gasteiger partial charge on any atom is 0.261 e. The molecule has 1 aliphatic rings. The van der Waals surface area contributed by atoms with Crippen molar-refractivity contribution in [2.45, 2.75) is 23.9 Å². The lowest BCUT2D eigenvalue weighted by atomic mass is 10.0. The Labute approximate surface area is 233 Å². The summed E-state index contributed by atoms with van der Waals surface area (Å²) < 4.78 is 51.6. The molecule has 1 aliphatic heterocycles. The monoisotopic (exact) mass is 569 g/mol. The van der Waals surface area contributed by atoms with Crippen LogP contribution in [0.4, 0.5) is 4.39 Å². The van der Waals surface area contributed by atoms with Crippen LogP contribution in [-0.2, 0) is 37.3 Å². The third kappa shape index (κ3) is 7.44. The van der Waals surface area contributed by atoms with Crippen LogP contribution >= 0.6 is 0 Å². The van der Waals surface area contributed by atoms with Gasteiger partial charge in [-0.3, -0.25) is 9.59 Å². The average Bonchev–Trinajstić information content (AvgIpc) is 2.99. The van der Waals surface area contributed by atoms with Crippen LogP contribution in [0.25, 0.3) is 0 Å². The molecule has 1 saturated heterocycles. The second-order valence-corrected chi connectivity index (χ2v) is 11.2. The normalized spacial score (nSPS) is 14.8. The zero-order valence-electron chi connectivity index (χ0n) is 22.2. The first kappa shape index (κ1) is 29.2. The number of rotatable bonds is 11. The summed E-state index contributed by atoms with van der Waals surface area (Å²) in [4.78, 5) is 28.0. The number of hydrogen-bond donors (Lipinski definition) is 1. The Morgan fingerprint density at radius 1 is 0.975 bits per heavy atom. The predicted octanol–water partition coefficient (Wildman–Crippen LogP) is 2.61. The van der Waals surface area contributed by atoms with E-state index >= 15 is 0 Å². The fraction of sp³-hybridized carbons (Fsp3) is 0.310. The van der Waals surface area contributed by atoms with Crippen molar-refractivity contribution in [1.82, 2.24) is 14.5 Å². The first-order chi connectivity index (χ1) is 19.3. The van der Waals surface area contributed by atoms with Crippen LogP contribution in [0, 0.1) is 5.82 Å². The number of halogens is 1. The summed E-state index contributed by atoms with van der Waals surface area (Å²) in [6.45, 7) is 0.933. The molecule has 0 spiro atoms. The van der Waals surface area contributed by atoms with E-state index in [1.54, 1.807) is 12.1 Å². The Hall–Kier alpha value is -3.80. The number of amides is 2. The lowest BCUT2D eigenvalue weighted by molar-refractivity contribution is -0.142. The molecule has 3 aromatic carbocycles. The van der Waals surface area contributed by atoms with Gasteiger partial charge in [0, 0.05) is 33.1 Å². The summed E-state index contributed by atoms with van der Waals surface area (Å²) >= 11 is 0. The standard InChI is InChI=1S/C29H32FN3O6S/c1-31-29(35)27(19-22-5-3-2-4-6-22)33(20-23-7-9-24(30)10-8-23)28(34)21-39-25-11-13-26(14-12-25)40(36,37)32-15-17-38-18-16-32/h2-14,27H,15-21H2,1H3,(H,31,35). The lowest BCUT2D eigenvalue weighted by Gasteiger charge is -2.31. The van der Waals surface area contributed by atoms with Crippen LogP contribution in [-0.4, -0.2) is 75.4 Å². The van der Waals surface area contributed by atoms with Gasteiger partial charge < -0.3 is 19.7 Å². The van der Waals surface area contributed by atoms with Gasteiger partial charge in [-0.15, -0.1) is 0 Å². The van der Waals surface area contributed by atoms with Crippen molar-refractivity contribution in [3.05, 3.63) is 95.8 Å². The largest absolute Gasteiger partial charge is 0.484 e. The summed E-state index contributed by atoms with van der Waals surface area (Å²) in [7, 11) is -2.16. The maximum atomic E-state index is 13.5. The Morgan fingerprint density at radius 3 is 2.25 bits per heavy atom. The van der Waals surface area contributed by atoms with E-state index in [1.165, 1.54) is 52.7 Å². The van der Waals surface area contributed by atoms with Gasteiger partial charge in [-0.05, 0) is 47.5 Å². The molecule has 4 rings (SSSR count). The van der Waals surface area contributed by atoms with E-state index in [0.717, 1.165) is 5.56 Å². The van der Waals surface area contributed by atoms with E-state index < -0.39 is 27.8 Å². The van der Waals surface area contributed by atoms with E-state index in [0.29, 0.717) is 24.5 Å². The third-order valence-electron chi connectivity index (χ3n) is 6.58. The van der Waals surface area contributed by atoms with Crippen molar-refractivity contribution in [3.63, 3.8) is 0 Å². The Balaban J connectivity index is 1.51. The molecule has 0 bridgehead atoms. The molecule has 0 aromatic heterocycles. The highest BCUT2D eigenvalue weighted by Crippen LogP contribution is 2.21. The molecule has 0 saturated carbocycles. The Morgan fingerprint density at radius 2 is 1.62 bits per heavy atom. The summed E-state index contributed by atoms with van der Waals surface area (Å²) in [5.41, 5.74) is 1.51. The first-order valence-corrected chi connectivity index (χ1v) is 14.3. The van der Waals surface area contributed by atoms with E-state index in [1.807, 2.05) is 30.3 Å². The number of carbonyl (C=O) groups is 2.